The Hall–Kier alpha value is -1.55. The van der Waals surface area contributed by atoms with Crippen molar-refractivity contribution in [3.8, 4) is 0 Å². The number of para-hydroxylation sites is 1. The number of nitrogens with one attached hydrogen (secondary N) is 1. The monoisotopic (exact) mass is 275 g/mol. The fourth-order valence-electron chi connectivity index (χ4n) is 2.70. The molecule has 1 fully saturated rings. The molecule has 0 aliphatic heterocycles. The summed E-state index contributed by atoms with van der Waals surface area (Å²) in [5, 5.41) is 3.01. The van der Waals surface area contributed by atoms with Gasteiger partial charge in [0.2, 0.25) is 5.91 Å². The van der Waals surface area contributed by atoms with E-state index in [4.69, 9.17) is 5.73 Å². The average Bonchev–Trinajstić information content (AvgIpc) is 2.92. The quantitative estimate of drug-likeness (QED) is 0.863. The van der Waals surface area contributed by atoms with Crippen molar-refractivity contribution in [2.24, 2.45) is 5.73 Å². The van der Waals surface area contributed by atoms with E-state index in [-0.39, 0.29) is 11.9 Å². The lowest BCUT2D eigenvalue weighted by molar-refractivity contribution is -0.126. The number of hydrogen-bond acceptors (Lipinski definition) is 3. The highest BCUT2D eigenvalue weighted by Gasteiger charge is 2.36. The van der Waals surface area contributed by atoms with Crippen LogP contribution in [-0.2, 0) is 4.79 Å². The van der Waals surface area contributed by atoms with E-state index in [9.17, 15) is 4.79 Å². The summed E-state index contributed by atoms with van der Waals surface area (Å²) < 4.78 is 0. The van der Waals surface area contributed by atoms with Crippen molar-refractivity contribution in [2.75, 3.05) is 18.5 Å². The summed E-state index contributed by atoms with van der Waals surface area (Å²) in [4.78, 5) is 14.3. The zero-order valence-electron chi connectivity index (χ0n) is 12.4. The second kappa shape index (κ2) is 6.27. The molecule has 110 valence electrons. The second-order valence-electron chi connectivity index (χ2n) is 5.87. The Balaban J connectivity index is 1.86. The zero-order valence-corrected chi connectivity index (χ0v) is 12.4. The number of benzene rings is 1. The van der Waals surface area contributed by atoms with E-state index < -0.39 is 5.54 Å². The van der Waals surface area contributed by atoms with Gasteiger partial charge in [-0.3, -0.25) is 4.79 Å². The highest BCUT2D eigenvalue weighted by molar-refractivity contribution is 5.86. The van der Waals surface area contributed by atoms with Gasteiger partial charge < -0.3 is 16.0 Å². The Labute approximate surface area is 121 Å². The highest BCUT2D eigenvalue weighted by atomic mass is 16.2. The average molecular weight is 275 g/mol. The van der Waals surface area contributed by atoms with Crippen LogP contribution < -0.4 is 16.0 Å². The second-order valence-corrected chi connectivity index (χ2v) is 5.87. The maximum absolute atomic E-state index is 12.2. The fraction of sp³-hybridized carbons (Fsp3) is 0.562. The Kier molecular flexibility index (Phi) is 4.65. The maximum Gasteiger partial charge on any atom is 0.240 e. The highest BCUT2D eigenvalue weighted by Crippen LogP contribution is 2.27. The zero-order chi connectivity index (χ0) is 14.6. The van der Waals surface area contributed by atoms with E-state index >= 15 is 0 Å². The van der Waals surface area contributed by atoms with E-state index in [1.807, 2.05) is 25.2 Å². The molecule has 1 aromatic carbocycles. The molecule has 1 atom stereocenters. The van der Waals surface area contributed by atoms with Crippen LogP contribution in [0.1, 0.15) is 32.6 Å². The standard InChI is InChI=1S/C16H25N3O/c1-13(19(2)14-8-4-3-5-9-14)12-18-15(20)16(17)10-6-7-11-16/h3-5,8-9,13H,6-7,10-12,17H2,1-2H3,(H,18,20). The number of rotatable bonds is 5. The van der Waals surface area contributed by atoms with Crippen LogP contribution in [0.5, 0.6) is 0 Å². The van der Waals surface area contributed by atoms with E-state index in [0.717, 1.165) is 31.4 Å². The van der Waals surface area contributed by atoms with Crippen molar-refractivity contribution >= 4 is 11.6 Å². The molecular weight excluding hydrogens is 250 g/mol. The largest absolute Gasteiger partial charge is 0.370 e. The summed E-state index contributed by atoms with van der Waals surface area (Å²) in [5.74, 6) is 0.00307. The number of anilines is 1. The van der Waals surface area contributed by atoms with Crippen molar-refractivity contribution in [2.45, 2.75) is 44.2 Å². The molecule has 0 saturated heterocycles. The first-order valence-electron chi connectivity index (χ1n) is 7.38. The third-order valence-corrected chi connectivity index (χ3v) is 4.33. The van der Waals surface area contributed by atoms with E-state index in [1.165, 1.54) is 0 Å². The van der Waals surface area contributed by atoms with Gasteiger partial charge in [0.25, 0.3) is 0 Å². The molecule has 1 saturated carbocycles. The minimum Gasteiger partial charge on any atom is -0.370 e. The molecule has 2 rings (SSSR count). The van der Waals surface area contributed by atoms with Crippen LogP contribution in [0, 0.1) is 0 Å². The predicted molar refractivity (Wildman–Crippen MR) is 82.7 cm³/mol. The molecule has 0 heterocycles. The summed E-state index contributed by atoms with van der Waals surface area (Å²) in [5.41, 5.74) is 6.67. The minimum absolute atomic E-state index is 0.00307. The van der Waals surface area contributed by atoms with Crippen LogP contribution in [-0.4, -0.2) is 31.1 Å². The Morgan fingerprint density at radius 2 is 1.95 bits per heavy atom. The lowest BCUT2D eigenvalue weighted by Crippen LogP contribution is -2.54. The summed E-state index contributed by atoms with van der Waals surface area (Å²) in [6.07, 6.45) is 3.73. The van der Waals surface area contributed by atoms with Gasteiger partial charge in [0, 0.05) is 25.3 Å². The van der Waals surface area contributed by atoms with Crippen LogP contribution in [0.4, 0.5) is 5.69 Å². The smallest absolute Gasteiger partial charge is 0.240 e. The first kappa shape index (κ1) is 14.9. The van der Waals surface area contributed by atoms with Crippen molar-refractivity contribution in [3.63, 3.8) is 0 Å². The number of carbonyl (C=O) groups excluding carboxylic acids is 1. The molecular formula is C16H25N3O. The van der Waals surface area contributed by atoms with Gasteiger partial charge in [0.1, 0.15) is 0 Å². The molecule has 0 spiro atoms. The summed E-state index contributed by atoms with van der Waals surface area (Å²) in [6.45, 7) is 2.72. The Morgan fingerprint density at radius 1 is 1.35 bits per heavy atom. The van der Waals surface area contributed by atoms with E-state index in [1.54, 1.807) is 0 Å². The summed E-state index contributed by atoms with van der Waals surface area (Å²) in [6, 6.07) is 10.4. The minimum atomic E-state index is -0.634. The van der Waals surface area contributed by atoms with Gasteiger partial charge in [-0.15, -0.1) is 0 Å². The molecule has 1 amide bonds. The van der Waals surface area contributed by atoms with Crippen molar-refractivity contribution in [3.05, 3.63) is 30.3 Å². The van der Waals surface area contributed by atoms with Crippen LogP contribution in [0.3, 0.4) is 0 Å². The molecule has 0 bridgehead atoms. The first-order valence-corrected chi connectivity index (χ1v) is 7.38. The molecule has 4 heteroatoms. The number of nitrogens with two attached hydrogens (primary N) is 1. The van der Waals surface area contributed by atoms with Gasteiger partial charge in [0.05, 0.1) is 5.54 Å². The molecule has 3 N–H and O–H groups in total. The summed E-state index contributed by atoms with van der Waals surface area (Å²) >= 11 is 0. The number of amides is 1. The molecule has 1 aromatic rings. The topological polar surface area (TPSA) is 58.4 Å². The molecule has 0 aromatic heterocycles. The van der Waals surface area contributed by atoms with Crippen molar-refractivity contribution < 1.29 is 4.79 Å². The molecule has 20 heavy (non-hydrogen) atoms. The molecule has 1 unspecified atom stereocenters. The fourth-order valence-corrected chi connectivity index (χ4v) is 2.70. The predicted octanol–water partition coefficient (Wildman–Crippen LogP) is 1.90. The van der Waals surface area contributed by atoms with Crippen LogP contribution in [0.2, 0.25) is 0 Å². The van der Waals surface area contributed by atoms with Gasteiger partial charge in [-0.25, -0.2) is 0 Å². The van der Waals surface area contributed by atoms with Gasteiger partial charge in [0.15, 0.2) is 0 Å². The molecule has 0 radical (unpaired) electrons. The lowest BCUT2D eigenvalue weighted by Gasteiger charge is -2.29. The van der Waals surface area contributed by atoms with Crippen molar-refractivity contribution in [1.29, 1.82) is 0 Å². The molecule has 4 nitrogen and oxygen atoms in total. The van der Waals surface area contributed by atoms with Gasteiger partial charge >= 0.3 is 0 Å². The molecule has 1 aliphatic rings. The molecule has 1 aliphatic carbocycles. The Morgan fingerprint density at radius 3 is 2.55 bits per heavy atom. The van der Waals surface area contributed by atoms with Gasteiger partial charge in [-0.05, 0) is 31.9 Å². The Bertz CT molecular complexity index is 440. The third kappa shape index (κ3) is 3.31. The maximum atomic E-state index is 12.2. The number of likely N-dealkylation sites (N-methyl/N-ethyl adjacent to an activating group) is 1. The van der Waals surface area contributed by atoms with Crippen LogP contribution in [0.15, 0.2) is 30.3 Å². The number of carbonyl (C=O) groups is 1. The SMILES string of the molecule is CC(CNC(=O)C1(N)CCCC1)N(C)c1ccccc1. The van der Waals surface area contributed by atoms with E-state index in [0.29, 0.717) is 6.54 Å². The van der Waals surface area contributed by atoms with Gasteiger partial charge in [-0.2, -0.15) is 0 Å². The van der Waals surface area contributed by atoms with E-state index in [2.05, 4.69) is 29.3 Å². The van der Waals surface area contributed by atoms with Crippen LogP contribution in [0.25, 0.3) is 0 Å². The number of hydrogen-bond donors (Lipinski definition) is 2. The van der Waals surface area contributed by atoms with Crippen LogP contribution >= 0.6 is 0 Å². The van der Waals surface area contributed by atoms with Gasteiger partial charge in [-0.1, -0.05) is 31.0 Å². The first-order chi connectivity index (χ1) is 9.53. The van der Waals surface area contributed by atoms with Crippen molar-refractivity contribution in [1.82, 2.24) is 5.32 Å². The number of nitrogens with zero attached hydrogens (tertiary/aromatic N) is 1. The lowest BCUT2D eigenvalue weighted by atomic mass is 9.98. The summed E-state index contributed by atoms with van der Waals surface area (Å²) in [7, 11) is 2.04. The normalized spacial score (nSPS) is 18.6. The third-order valence-electron chi connectivity index (χ3n) is 4.33.